The van der Waals surface area contributed by atoms with E-state index in [0.717, 1.165) is 49.5 Å². The molecule has 0 bridgehead atoms. The van der Waals surface area contributed by atoms with Crippen molar-refractivity contribution >= 4 is 23.2 Å². The van der Waals surface area contributed by atoms with Gasteiger partial charge in [0.05, 0.1) is 16.5 Å². The largest absolute Gasteiger partial charge is 0.348 e. The van der Waals surface area contributed by atoms with E-state index in [1.165, 1.54) is 11.3 Å². The summed E-state index contributed by atoms with van der Waals surface area (Å²) >= 11 is 1.49. The zero-order valence-corrected chi connectivity index (χ0v) is 18.2. The Kier molecular flexibility index (Phi) is 5.48. The molecule has 2 amide bonds. The number of fused-ring (bicyclic) bond motifs is 1. The van der Waals surface area contributed by atoms with Gasteiger partial charge in [-0.2, -0.15) is 5.10 Å². The summed E-state index contributed by atoms with van der Waals surface area (Å²) in [4.78, 5) is 33.2. The molecule has 29 heavy (non-hydrogen) atoms. The number of rotatable bonds is 4. The lowest BCUT2D eigenvalue weighted by Crippen LogP contribution is -2.47. The van der Waals surface area contributed by atoms with E-state index in [4.69, 9.17) is 0 Å². The fourth-order valence-electron chi connectivity index (χ4n) is 5.00. The van der Waals surface area contributed by atoms with Crippen LogP contribution in [-0.4, -0.2) is 76.6 Å². The van der Waals surface area contributed by atoms with Gasteiger partial charge in [0.25, 0.3) is 5.91 Å². The van der Waals surface area contributed by atoms with Crippen molar-refractivity contribution < 1.29 is 9.59 Å². The molecule has 4 rings (SSSR count). The topological polar surface area (TPSA) is 61.7 Å². The van der Waals surface area contributed by atoms with Crippen molar-refractivity contribution in [2.75, 3.05) is 40.3 Å². The number of likely N-dealkylation sites (tertiary alicyclic amines) is 2. The van der Waals surface area contributed by atoms with Crippen LogP contribution in [0.5, 0.6) is 0 Å². The molecule has 2 atom stereocenters. The molecule has 2 fully saturated rings. The molecule has 0 aromatic carbocycles. The van der Waals surface area contributed by atoms with E-state index >= 15 is 0 Å². The molecule has 0 saturated carbocycles. The maximum Gasteiger partial charge on any atom is 0.263 e. The number of carbonyl (C=O) groups excluding carboxylic acids is 2. The van der Waals surface area contributed by atoms with Crippen molar-refractivity contribution in [3.05, 3.63) is 40.3 Å². The van der Waals surface area contributed by atoms with Gasteiger partial charge in [0.15, 0.2) is 0 Å². The Bertz CT molecular complexity index is 878. The Morgan fingerprint density at radius 1 is 1.34 bits per heavy atom. The van der Waals surface area contributed by atoms with Crippen LogP contribution in [0.3, 0.4) is 0 Å². The molecule has 8 heteroatoms. The molecule has 4 heterocycles. The summed E-state index contributed by atoms with van der Waals surface area (Å²) in [7, 11) is 5.61. The number of carbonyl (C=O) groups is 2. The number of thiophene rings is 1. The monoisotopic (exact) mass is 415 g/mol. The second-order valence-electron chi connectivity index (χ2n) is 8.58. The van der Waals surface area contributed by atoms with Crippen LogP contribution in [0.25, 0.3) is 0 Å². The molecule has 2 aliphatic heterocycles. The maximum absolute atomic E-state index is 13.3. The molecule has 0 aliphatic carbocycles. The van der Waals surface area contributed by atoms with E-state index in [-0.39, 0.29) is 17.7 Å². The van der Waals surface area contributed by atoms with E-state index in [9.17, 15) is 9.59 Å². The molecule has 0 spiro atoms. The van der Waals surface area contributed by atoms with Crippen molar-refractivity contribution in [3.8, 4) is 0 Å². The van der Waals surface area contributed by atoms with Crippen LogP contribution in [0, 0.1) is 11.3 Å². The molecule has 2 aromatic heterocycles. The first-order valence-electron chi connectivity index (χ1n) is 10.1. The maximum atomic E-state index is 13.3. The molecule has 156 valence electrons. The smallest absolute Gasteiger partial charge is 0.263 e. The van der Waals surface area contributed by atoms with Crippen molar-refractivity contribution in [3.63, 3.8) is 0 Å². The van der Waals surface area contributed by atoms with Gasteiger partial charge in [-0.15, -0.1) is 11.3 Å². The molecule has 7 nitrogen and oxygen atoms in total. The van der Waals surface area contributed by atoms with Gasteiger partial charge in [-0.25, -0.2) is 0 Å². The first-order chi connectivity index (χ1) is 13.9. The molecular weight excluding hydrogens is 386 g/mol. The van der Waals surface area contributed by atoms with Crippen LogP contribution >= 0.6 is 11.3 Å². The van der Waals surface area contributed by atoms with Crippen LogP contribution in [0.4, 0.5) is 0 Å². The summed E-state index contributed by atoms with van der Waals surface area (Å²) in [6.07, 6.45) is 5.60. The highest BCUT2D eigenvalue weighted by Crippen LogP contribution is 2.44. The van der Waals surface area contributed by atoms with Gasteiger partial charge in [0.1, 0.15) is 0 Å². The van der Waals surface area contributed by atoms with Crippen LogP contribution in [0.15, 0.2) is 29.9 Å². The highest BCUT2D eigenvalue weighted by molar-refractivity contribution is 7.12. The first-order valence-corrected chi connectivity index (χ1v) is 11.0. The summed E-state index contributed by atoms with van der Waals surface area (Å²) < 4.78 is 1.81. The molecule has 0 unspecified atom stereocenters. The second-order valence-corrected chi connectivity index (χ2v) is 9.52. The molecule has 2 aromatic rings. The predicted octanol–water partition coefficient (Wildman–Crippen LogP) is 1.92. The van der Waals surface area contributed by atoms with Gasteiger partial charge in [0.2, 0.25) is 5.91 Å². The van der Waals surface area contributed by atoms with Gasteiger partial charge in [-0.1, -0.05) is 6.07 Å². The van der Waals surface area contributed by atoms with Crippen LogP contribution in [0.1, 0.15) is 28.1 Å². The number of amides is 2. The molecule has 2 saturated heterocycles. The lowest BCUT2D eigenvalue weighted by atomic mass is 9.74. The van der Waals surface area contributed by atoms with E-state index in [1.54, 1.807) is 4.90 Å². The normalized spacial score (nSPS) is 24.9. The SMILES string of the molecule is CN(C)C(=O)[C@]12CCCN(C(=O)c3cccs3)C[C@H]1CN(Cc1cnn(C)c1)C2. The zero-order valence-electron chi connectivity index (χ0n) is 17.4. The van der Waals surface area contributed by atoms with Crippen LogP contribution < -0.4 is 0 Å². The number of nitrogens with zero attached hydrogens (tertiary/aromatic N) is 5. The fraction of sp³-hybridized carbons (Fsp3) is 0.571. The highest BCUT2D eigenvalue weighted by Gasteiger charge is 2.53. The quantitative estimate of drug-likeness (QED) is 0.766. The minimum Gasteiger partial charge on any atom is -0.348 e. The van der Waals surface area contributed by atoms with Crippen LogP contribution in [0.2, 0.25) is 0 Å². The standard InChI is InChI=1S/C21H29N5O2S/c1-23(2)20(28)21-7-5-8-26(19(27)18-6-4-9-29-18)14-17(21)13-25(15-21)12-16-10-22-24(3)11-16/h4,6,9-11,17H,5,7-8,12-15H2,1-3H3/t17-,21+/m1/s1. The average Bonchev–Trinajstić information content (AvgIpc) is 3.40. The number of hydrogen-bond donors (Lipinski definition) is 0. The van der Waals surface area contributed by atoms with E-state index in [2.05, 4.69) is 10.00 Å². The molecule has 0 radical (unpaired) electrons. The van der Waals surface area contributed by atoms with Crippen molar-refractivity contribution in [1.82, 2.24) is 24.5 Å². The second kappa shape index (κ2) is 7.91. The lowest BCUT2D eigenvalue weighted by Gasteiger charge is -2.35. The van der Waals surface area contributed by atoms with Crippen LogP contribution in [-0.2, 0) is 18.4 Å². The highest BCUT2D eigenvalue weighted by atomic mass is 32.1. The lowest BCUT2D eigenvalue weighted by molar-refractivity contribution is -0.141. The Balaban J connectivity index is 1.58. The van der Waals surface area contributed by atoms with Crippen molar-refractivity contribution in [2.24, 2.45) is 18.4 Å². The predicted molar refractivity (Wildman–Crippen MR) is 113 cm³/mol. The van der Waals surface area contributed by atoms with Gasteiger partial charge >= 0.3 is 0 Å². The third-order valence-corrected chi connectivity index (χ3v) is 7.13. The van der Waals surface area contributed by atoms with E-state index in [1.807, 2.05) is 60.6 Å². The number of hydrogen-bond acceptors (Lipinski definition) is 5. The third kappa shape index (κ3) is 3.83. The van der Waals surface area contributed by atoms with Crippen molar-refractivity contribution in [1.29, 1.82) is 0 Å². The minimum absolute atomic E-state index is 0.0961. The minimum atomic E-state index is -0.420. The van der Waals surface area contributed by atoms with Gasteiger partial charge in [0, 0.05) is 71.5 Å². The summed E-state index contributed by atoms with van der Waals surface area (Å²) in [6, 6.07) is 3.81. The third-order valence-electron chi connectivity index (χ3n) is 6.27. The van der Waals surface area contributed by atoms with Gasteiger partial charge < -0.3 is 9.80 Å². The Hall–Kier alpha value is -2.19. The van der Waals surface area contributed by atoms with E-state index < -0.39 is 5.41 Å². The summed E-state index contributed by atoms with van der Waals surface area (Å²) in [5.74, 6) is 0.431. The summed E-state index contributed by atoms with van der Waals surface area (Å²) in [5.41, 5.74) is 0.735. The van der Waals surface area contributed by atoms with E-state index in [0.29, 0.717) is 6.54 Å². The Morgan fingerprint density at radius 2 is 2.17 bits per heavy atom. The number of aryl methyl sites for hydroxylation is 1. The summed E-state index contributed by atoms with van der Waals surface area (Å²) in [6.45, 7) is 3.71. The molecular formula is C21H29N5O2S. The first kappa shape index (κ1) is 20.1. The molecule has 2 aliphatic rings. The Morgan fingerprint density at radius 3 is 2.83 bits per heavy atom. The Labute approximate surface area is 175 Å². The van der Waals surface area contributed by atoms with Gasteiger partial charge in [-0.3, -0.25) is 19.2 Å². The fourth-order valence-corrected chi connectivity index (χ4v) is 5.70. The number of aromatic nitrogens is 2. The molecule has 0 N–H and O–H groups in total. The summed E-state index contributed by atoms with van der Waals surface area (Å²) in [5, 5.41) is 6.21. The van der Waals surface area contributed by atoms with Gasteiger partial charge in [-0.05, 0) is 24.3 Å². The average molecular weight is 416 g/mol. The van der Waals surface area contributed by atoms with Crippen molar-refractivity contribution in [2.45, 2.75) is 19.4 Å². The zero-order chi connectivity index (χ0) is 20.6.